The van der Waals surface area contributed by atoms with E-state index in [1.54, 1.807) is 4.31 Å². The van der Waals surface area contributed by atoms with E-state index in [0.717, 1.165) is 19.4 Å². The molecule has 4 nitrogen and oxygen atoms in total. The molecule has 1 heterocycles. The molecule has 0 saturated carbocycles. The molecular weight excluding hydrogens is 272 g/mol. The highest BCUT2D eigenvalue weighted by atomic mass is 35.5. The molecule has 0 aliphatic carbocycles. The van der Waals surface area contributed by atoms with Gasteiger partial charge in [-0.15, -0.1) is 11.6 Å². The Morgan fingerprint density at radius 2 is 2.11 bits per heavy atom. The highest BCUT2D eigenvalue weighted by molar-refractivity contribution is 7.88. The number of nitrogens with one attached hydrogen (secondary N) is 1. The van der Waals surface area contributed by atoms with Crippen molar-refractivity contribution in [2.45, 2.75) is 44.5 Å². The number of hydrogen-bond donors (Lipinski definition) is 1. The zero-order valence-corrected chi connectivity index (χ0v) is 13.3. The van der Waals surface area contributed by atoms with Crippen molar-refractivity contribution in [3.05, 3.63) is 0 Å². The normalized spacial score (nSPS) is 25.1. The molecule has 6 heteroatoms. The Bertz CT molecular complexity index is 368. The summed E-state index contributed by atoms with van der Waals surface area (Å²) >= 11 is 6.12. The number of piperidine rings is 1. The second-order valence-corrected chi connectivity index (χ2v) is 8.48. The Labute approximate surface area is 116 Å². The van der Waals surface area contributed by atoms with E-state index >= 15 is 0 Å². The van der Waals surface area contributed by atoms with Gasteiger partial charge >= 0.3 is 0 Å². The number of hydrogen-bond acceptors (Lipinski definition) is 3. The van der Waals surface area contributed by atoms with Gasteiger partial charge in [0.25, 0.3) is 0 Å². The van der Waals surface area contributed by atoms with Crippen molar-refractivity contribution in [2.24, 2.45) is 5.92 Å². The number of alkyl halides is 1. The van der Waals surface area contributed by atoms with Gasteiger partial charge in [-0.2, -0.15) is 0 Å². The fourth-order valence-corrected chi connectivity index (χ4v) is 3.06. The molecule has 1 fully saturated rings. The summed E-state index contributed by atoms with van der Waals surface area (Å²) in [6.45, 7) is 8.21. The zero-order chi connectivity index (χ0) is 14.0. The maximum Gasteiger partial charge on any atom is 0.211 e. The van der Waals surface area contributed by atoms with Crippen LogP contribution >= 0.6 is 11.6 Å². The molecule has 0 bridgehead atoms. The van der Waals surface area contributed by atoms with Gasteiger partial charge in [-0.05, 0) is 46.1 Å². The van der Waals surface area contributed by atoms with Gasteiger partial charge in [-0.3, -0.25) is 0 Å². The van der Waals surface area contributed by atoms with Crippen molar-refractivity contribution >= 4 is 21.6 Å². The SMILES string of the molecule is CC(Cl)C(C)(C)NCC1CCCN(S(C)(=O)=O)C1. The van der Waals surface area contributed by atoms with Crippen LogP contribution in [0.3, 0.4) is 0 Å². The van der Waals surface area contributed by atoms with E-state index in [1.165, 1.54) is 6.26 Å². The number of halogens is 1. The Balaban J connectivity index is 2.49. The quantitative estimate of drug-likeness (QED) is 0.785. The topological polar surface area (TPSA) is 49.4 Å². The second-order valence-electron chi connectivity index (χ2n) is 5.85. The predicted octanol–water partition coefficient (Wildman–Crippen LogP) is 1.65. The van der Waals surface area contributed by atoms with Gasteiger partial charge in [0.05, 0.1) is 6.26 Å². The molecule has 0 radical (unpaired) electrons. The lowest BCUT2D eigenvalue weighted by atomic mass is 9.96. The van der Waals surface area contributed by atoms with Crippen LogP contribution in [0.25, 0.3) is 0 Å². The third-order valence-electron chi connectivity index (χ3n) is 3.79. The van der Waals surface area contributed by atoms with Gasteiger partial charge in [-0.25, -0.2) is 12.7 Å². The summed E-state index contributed by atoms with van der Waals surface area (Å²) in [6.07, 6.45) is 3.30. The molecule has 1 rings (SSSR count). The van der Waals surface area contributed by atoms with Gasteiger partial charge in [0.15, 0.2) is 0 Å². The van der Waals surface area contributed by atoms with Gasteiger partial charge < -0.3 is 5.32 Å². The summed E-state index contributed by atoms with van der Waals surface area (Å²) in [7, 11) is -3.05. The highest BCUT2D eigenvalue weighted by Crippen LogP contribution is 2.20. The molecular formula is C12H25ClN2O2S. The summed E-state index contributed by atoms with van der Waals surface area (Å²) in [5, 5.41) is 3.48. The summed E-state index contributed by atoms with van der Waals surface area (Å²) in [5.41, 5.74) is -0.130. The minimum atomic E-state index is -3.05. The molecule has 0 amide bonds. The summed E-state index contributed by atoms with van der Waals surface area (Å²) in [6, 6.07) is 0. The highest BCUT2D eigenvalue weighted by Gasteiger charge is 2.29. The van der Waals surface area contributed by atoms with Crippen LogP contribution in [-0.4, -0.2) is 49.5 Å². The summed E-state index contributed by atoms with van der Waals surface area (Å²) in [4.78, 5) is 0. The van der Waals surface area contributed by atoms with E-state index in [9.17, 15) is 8.42 Å². The Morgan fingerprint density at radius 1 is 1.50 bits per heavy atom. The van der Waals surface area contributed by atoms with E-state index in [2.05, 4.69) is 19.2 Å². The molecule has 0 aromatic rings. The Hall–Kier alpha value is 0.160. The van der Waals surface area contributed by atoms with Crippen LogP contribution in [0.4, 0.5) is 0 Å². The molecule has 18 heavy (non-hydrogen) atoms. The second kappa shape index (κ2) is 6.07. The van der Waals surface area contributed by atoms with Gasteiger partial charge in [0.1, 0.15) is 0 Å². The van der Waals surface area contributed by atoms with Crippen molar-refractivity contribution in [1.82, 2.24) is 9.62 Å². The molecule has 1 saturated heterocycles. The van der Waals surface area contributed by atoms with Crippen molar-refractivity contribution in [2.75, 3.05) is 25.9 Å². The predicted molar refractivity (Wildman–Crippen MR) is 76.5 cm³/mol. The van der Waals surface area contributed by atoms with Crippen LogP contribution in [0.15, 0.2) is 0 Å². The molecule has 0 aromatic heterocycles. The smallest absolute Gasteiger partial charge is 0.211 e. The lowest BCUT2D eigenvalue weighted by Gasteiger charge is -2.35. The van der Waals surface area contributed by atoms with Crippen molar-refractivity contribution in [3.8, 4) is 0 Å². The van der Waals surface area contributed by atoms with Crippen molar-refractivity contribution in [1.29, 1.82) is 0 Å². The minimum Gasteiger partial charge on any atom is -0.310 e. The number of rotatable bonds is 5. The minimum absolute atomic E-state index is 0.0344. The first-order chi connectivity index (χ1) is 8.13. The van der Waals surface area contributed by atoms with Crippen LogP contribution in [-0.2, 0) is 10.0 Å². The molecule has 2 unspecified atom stereocenters. The lowest BCUT2D eigenvalue weighted by Crippen LogP contribution is -2.50. The first-order valence-corrected chi connectivity index (χ1v) is 8.75. The van der Waals surface area contributed by atoms with Gasteiger partial charge in [-0.1, -0.05) is 0 Å². The van der Waals surface area contributed by atoms with Crippen LogP contribution in [0.1, 0.15) is 33.6 Å². The maximum atomic E-state index is 11.5. The van der Waals surface area contributed by atoms with Crippen LogP contribution in [0.5, 0.6) is 0 Å². The van der Waals surface area contributed by atoms with Crippen molar-refractivity contribution in [3.63, 3.8) is 0 Å². The van der Waals surface area contributed by atoms with Crippen molar-refractivity contribution < 1.29 is 8.42 Å². The molecule has 2 atom stereocenters. The third kappa shape index (κ3) is 4.68. The molecule has 0 spiro atoms. The maximum absolute atomic E-state index is 11.5. The molecule has 1 aliphatic heterocycles. The molecule has 0 aromatic carbocycles. The monoisotopic (exact) mass is 296 g/mol. The fourth-order valence-electron chi connectivity index (χ4n) is 2.04. The van der Waals surface area contributed by atoms with Crippen LogP contribution < -0.4 is 5.32 Å². The largest absolute Gasteiger partial charge is 0.310 e. The van der Waals surface area contributed by atoms with E-state index < -0.39 is 10.0 Å². The first-order valence-electron chi connectivity index (χ1n) is 6.47. The third-order valence-corrected chi connectivity index (χ3v) is 5.61. The number of sulfonamides is 1. The fraction of sp³-hybridized carbons (Fsp3) is 1.00. The standard InChI is InChI=1S/C12H25ClN2O2S/c1-10(13)12(2,3)14-8-11-6-5-7-15(9-11)18(4,16)17/h10-11,14H,5-9H2,1-4H3. The van der Waals surface area contributed by atoms with Crippen LogP contribution in [0.2, 0.25) is 0 Å². The van der Waals surface area contributed by atoms with E-state index in [-0.39, 0.29) is 10.9 Å². The van der Waals surface area contributed by atoms with Crippen LogP contribution in [0, 0.1) is 5.92 Å². The zero-order valence-electron chi connectivity index (χ0n) is 11.7. The van der Waals surface area contributed by atoms with E-state index in [1.807, 2.05) is 6.92 Å². The summed E-state index contributed by atoms with van der Waals surface area (Å²) in [5.74, 6) is 0.378. The van der Waals surface area contributed by atoms with E-state index in [0.29, 0.717) is 19.0 Å². The Kier molecular flexibility index (Phi) is 5.47. The first kappa shape index (κ1) is 16.2. The molecule has 1 aliphatic rings. The Morgan fingerprint density at radius 3 is 2.61 bits per heavy atom. The average Bonchev–Trinajstić information content (AvgIpc) is 2.25. The van der Waals surface area contributed by atoms with Gasteiger partial charge in [0.2, 0.25) is 10.0 Å². The molecule has 1 N–H and O–H groups in total. The molecule has 108 valence electrons. The number of nitrogens with zero attached hydrogens (tertiary/aromatic N) is 1. The van der Waals surface area contributed by atoms with E-state index in [4.69, 9.17) is 11.6 Å². The average molecular weight is 297 g/mol. The summed E-state index contributed by atoms with van der Waals surface area (Å²) < 4.78 is 24.6. The lowest BCUT2D eigenvalue weighted by molar-refractivity contribution is 0.241. The van der Waals surface area contributed by atoms with Gasteiger partial charge in [0, 0.05) is 24.0 Å².